The molecule has 1 aliphatic rings. The van der Waals surface area contributed by atoms with Crippen molar-refractivity contribution in [3.8, 4) is 0 Å². The minimum absolute atomic E-state index is 0.351. The number of ether oxygens (including phenoxy) is 4. The van der Waals surface area contributed by atoms with Crippen LogP contribution in [0.1, 0.15) is 39.0 Å². The fourth-order valence-corrected chi connectivity index (χ4v) is 2.63. The lowest BCUT2D eigenvalue weighted by Gasteiger charge is -2.40. The summed E-state index contributed by atoms with van der Waals surface area (Å²) in [5.41, 5.74) is 0.351. The van der Waals surface area contributed by atoms with Gasteiger partial charge < -0.3 is 18.9 Å². The molecule has 126 valence electrons. The zero-order valence-corrected chi connectivity index (χ0v) is 14.4. The van der Waals surface area contributed by atoms with Crippen molar-refractivity contribution in [2.45, 2.75) is 39.0 Å². The summed E-state index contributed by atoms with van der Waals surface area (Å²) in [5, 5.41) is 0. The molecule has 0 spiro atoms. The van der Waals surface area contributed by atoms with E-state index < -0.39 is 0 Å². The Hall–Kier alpha value is 0.190. The van der Waals surface area contributed by atoms with Crippen molar-refractivity contribution in [2.24, 2.45) is 5.41 Å². The molecule has 0 bridgehead atoms. The quantitative estimate of drug-likeness (QED) is 0.372. The number of thiol groups is 1. The summed E-state index contributed by atoms with van der Waals surface area (Å²) < 4.78 is 22.0. The molecular weight excluding hydrogens is 288 g/mol. The van der Waals surface area contributed by atoms with Crippen LogP contribution in [0.2, 0.25) is 0 Å². The molecular formula is C16H32O4S. The van der Waals surface area contributed by atoms with Gasteiger partial charge in [0.05, 0.1) is 46.2 Å². The molecule has 1 rings (SSSR count). The van der Waals surface area contributed by atoms with Gasteiger partial charge in [0.1, 0.15) is 0 Å². The zero-order chi connectivity index (χ0) is 15.2. The van der Waals surface area contributed by atoms with Gasteiger partial charge in [-0.1, -0.05) is 19.8 Å². The van der Waals surface area contributed by atoms with Crippen molar-refractivity contribution < 1.29 is 18.9 Å². The monoisotopic (exact) mass is 320 g/mol. The molecule has 1 aliphatic carbocycles. The Labute approximate surface area is 135 Å². The number of rotatable bonds is 15. The van der Waals surface area contributed by atoms with Crippen molar-refractivity contribution in [2.75, 3.05) is 58.6 Å². The third-order valence-electron chi connectivity index (χ3n) is 3.92. The third kappa shape index (κ3) is 9.04. The molecule has 0 aromatic heterocycles. The van der Waals surface area contributed by atoms with E-state index in [0.29, 0.717) is 45.1 Å². The lowest BCUT2D eigenvalue weighted by Crippen LogP contribution is -2.36. The Morgan fingerprint density at radius 2 is 1.33 bits per heavy atom. The molecule has 21 heavy (non-hydrogen) atoms. The zero-order valence-electron chi connectivity index (χ0n) is 13.5. The van der Waals surface area contributed by atoms with E-state index in [1.165, 1.54) is 25.7 Å². The van der Waals surface area contributed by atoms with Crippen LogP contribution in [-0.2, 0) is 18.9 Å². The molecule has 5 heteroatoms. The van der Waals surface area contributed by atoms with E-state index in [4.69, 9.17) is 18.9 Å². The minimum atomic E-state index is 0.351. The fourth-order valence-electron chi connectivity index (χ4n) is 2.22. The molecule has 0 aromatic carbocycles. The van der Waals surface area contributed by atoms with Gasteiger partial charge in [0.2, 0.25) is 0 Å². The summed E-state index contributed by atoms with van der Waals surface area (Å²) in [6.45, 7) is 7.68. The largest absolute Gasteiger partial charge is 0.379 e. The average Bonchev–Trinajstić information content (AvgIpc) is 2.46. The summed E-state index contributed by atoms with van der Waals surface area (Å²) >= 11 is 4.41. The Kier molecular flexibility index (Phi) is 11.6. The standard InChI is InChI=1S/C16H32O4S/c1-2-3-7-17-8-9-18-10-11-19-12-13-20-14-16(15-21)5-4-6-16/h21H,2-15H2,1H3. The molecule has 0 aliphatic heterocycles. The second-order valence-electron chi connectivity index (χ2n) is 5.75. The van der Waals surface area contributed by atoms with Gasteiger partial charge in [0, 0.05) is 12.0 Å². The highest BCUT2D eigenvalue weighted by Crippen LogP contribution is 2.41. The summed E-state index contributed by atoms with van der Waals surface area (Å²) in [7, 11) is 0. The van der Waals surface area contributed by atoms with Crippen LogP contribution >= 0.6 is 12.6 Å². The fraction of sp³-hybridized carbons (Fsp3) is 1.00. The number of hydrogen-bond donors (Lipinski definition) is 1. The van der Waals surface area contributed by atoms with E-state index in [1.807, 2.05) is 0 Å². The smallest absolute Gasteiger partial charge is 0.0701 e. The Morgan fingerprint density at radius 1 is 0.810 bits per heavy atom. The molecule has 0 radical (unpaired) electrons. The number of unbranched alkanes of at least 4 members (excludes halogenated alkanes) is 1. The lowest BCUT2D eigenvalue weighted by molar-refractivity contribution is -0.0289. The van der Waals surface area contributed by atoms with Crippen LogP contribution < -0.4 is 0 Å². The van der Waals surface area contributed by atoms with Crippen LogP contribution in [-0.4, -0.2) is 58.6 Å². The van der Waals surface area contributed by atoms with Gasteiger partial charge in [0.15, 0.2) is 0 Å². The van der Waals surface area contributed by atoms with E-state index in [2.05, 4.69) is 19.6 Å². The number of hydrogen-bond acceptors (Lipinski definition) is 5. The third-order valence-corrected chi connectivity index (χ3v) is 4.59. The average molecular weight is 320 g/mol. The van der Waals surface area contributed by atoms with Crippen LogP contribution in [0.3, 0.4) is 0 Å². The molecule has 1 fully saturated rings. The lowest BCUT2D eigenvalue weighted by atomic mass is 9.71. The highest BCUT2D eigenvalue weighted by molar-refractivity contribution is 7.80. The van der Waals surface area contributed by atoms with Gasteiger partial charge in [-0.25, -0.2) is 0 Å². The summed E-state index contributed by atoms with van der Waals surface area (Å²) in [6.07, 6.45) is 6.13. The molecule has 0 heterocycles. The van der Waals surface area contributed by atoms with E-state index >= 15 is 0 Å². The van der Waals surface area contributed by atoms with Gasteiger partial charge in [-0.15, -0.1) is 0 Å². The second-order valence-corrected chi connectivity index (χ2v) is 6.07. The Bertz CT molecular complexity index is 229. The Morgan fingerprint density at radius 3 is 1.76 bits per heavy atom. The van der Waals surface area contributed by atoms with Crippen molar-refractivity contribution >= 4 is 12.6 Å². The van der Waals surface area contributed by atoms with E-state index in [0.717, 1.165) is 25.4 Å². The molecule has 0 atom stereocenters. The van der Waals surface area contributed by atoms with Crippen LogP contribution in [0, 0.1) is 5.41 Å². The van der Waals surface area contributed by atoms with Gasteiger partial charge in [0.25, 0.3) is 0 Å². The SMILES string of the molecule is CCCCOCCOCCOCCOCC1(CS)CCC1. The first-order chi connectivity index (χ1) is 10.3. The summed E-state index contributed by atoms with van der Waals surface area (Å²) in [5.74, 6) is 0.933. The first-order valence-corrected chi connectivity index (χ1v) is 8.88. The maximum absolute atomic E-state index is 5.68. The maximum atomic E-state index is 5.68. The second kappa shape index (κ2) is 12.7. The van der Waals surface area contributed by atoms with Crippen molar-refractivity contribution in [1.82, 2.24) is 0 Å². The van der Waals surface area contributed by atoms with Gasteiger partial charge in [-0.05, 0) is 25.0 Å². The minimum Gasteiger partial charge on any atom is -0.379 e. The molecule has 0 aromatic rings. The maximum Gasteiger partial charge on any atom is 0.0701 e. The van der Waals surface area contributed by atoms with Crippen LogP contribution in [0.5, 0.6) is 0 Å². The molecule has 0 amide bonds. The molecule has 0 N–H and O–H groups in total. The normalized spacial score (nSPS) is 16.9. The Balaban J connectivity index is 1.73. The predicted molar refractivity (Wildman–Crippen MR) is 88.3 cm³/mol. The molecule has 0 saturated heterocycles. The molecule has 4 nitrogen and oxygen atoms in total. The molecule has 1 saturated carbocycles. The van der Waals surface area contributed by atoms with Gasteiger partial charge in [-0.2, -0.15) is 12.6 Å². The van der Waals surface area contributed by atoms with Crippen LogP contribution in [0.15, 0.2) is 0 Å². The van der Waals surface area contributed by atoms with Crippen LogP contribution in [0.4, 0.5) is 0 Å². The topological polar surface area (TPSA) is 36.9 Å². The summed E-state index contributed by atoms with van der Waals surface area (Å²) in [4.78, 5) is 0. The highest BCUT2D eigenvalue weighted by atomic mass is 32.1. The van der Waals surface area contributed by atoms with Crippen molar-refractivity contribution in [3.05, 3.63) is 0 Å². The van der Waals surface area contributed by atoms with Crippen molar-refractivity contribution in [3.63, 3.8) is 0 Å². The van der Waals surface area contributed by atoms with E-state index in [9.17, 15) is 0 Å². The van der Waals surface area contributed by atoms with Crippen molar-refractivity contribution in [1.29, 1.82) is 0 Å². The first-order valence-electron chi connectivity index (χ1n) is 8.25. The molecule has 0 unspecified atom stereocenters. The first kappa shape index (κ1) is 19.2. The highest BCUT2D eigenvalue weighted by Gasteiger charge is 2.35. The summed E-state index contributed by atoms with van der Waals surface area (Å²) in [6, 6.07) is 0. The van der Waals surface area contributed by atoms with E-state index in [1.54, 1.807) is 0 Å². The predicted octanol–water partition coefficient (Wildman–Crippen LogP) is 2.95. The van der Waals surface area contributed by atoms with Gasteiger partial charge in [-0.3, -0.25) is 0 Å². The van der Waals surface area contributed by atoms with Crippen LogP contribution in [0.25, 0.3) is 0 Å². The van der Waals surface area contributed by atoms with Gasteiger partial charge >= 0.3 is 0 Å². The van der Waals surface area contributed by atoms with E-state index in [-0.39, 0.29) is 0 Å².